The molecule has 0 amide bonds. The Morgan fingerprint density at radius 3 is 1.60 bits per heavy atom. The maximum absolute atomic E-state index is 7.17. The van der Waals surface area contributed by atoms with Gasteiger partial charge in [0.25, 0.3) is 0 Å². The van der Waals surface area contributed by atoms with E-state index in [1.54, 1.807) is 0 Å². The Bertz CT molecular complexity index is 653. The highest BCUT2D eigenvalue weighted by atomic mass is 16.5. The van der Waals surface area contributed by atoms with Crippen LogP contribution in [-0.2, 0) is 6.42 Å². The Morgan fingerprint density at radius 1 is 0.800 bits per heavy atom. The number of hydrogen-bond acceptors (Lipinski definition) is 3. The van der Waals surface area contributed by atoms with Crippen molar-refractivity contribution in [2.45, 2.75) is 13.3 Å². The van der Waals surface area contributed by atoms with Gasteiger partial charge in [-0.1, -0.05) is 55.5 Å². The van der Waals surface area contributed by atoms with Crippen molar-refractivity contribution in [3.63, 3.8) is 0 Å². The van der Waals surface area contributed by atoms with Crippen LogP contribution in [0.5, 0.6) is 0 Å². The van der Waals surface area contributed by atoms with Gasteiger partial charge in [0.15, 0.2) is 0 Å². The van der Waals surface area contributed by atoms with Crippen LogP contribution in [0.15, 0.2) is 54.6 Å². The molecule has 0 radical (unpaired) electrons. The molecule has 20 heavy (non-hydrogen) atoms. The van der Waals surface area contributed by atoms with Gasteiger partial charge in [-0.05, 0) is 39.6 Å². The number of aryl methyl sites for hydroxylation is 1. The molecule has 0 saturated carbocycles. The van der Waals surface area contributed by atoms with Crippen LogP contribution in [-0.4, -0.2) is 22.4 Å². The number of benzene rings is 3. The largest absolute Gasteiger partial charge is 0.631 e. The standard InChI is InChI=1S/C16H14.BH3O3/c1-2-14-15-9-5-3-7-12(15)11-13-8-4-6-10-16(13)14;2-1(3)4/h3-11H,2H2,1H3;2-4H. The molecular weight excluding hydrogens is 251 g/mol. The monoisotopic (exact) mass is 268 g/mol. The van der Waals surface area contributed by atoms with E-state index in [1.807, 2.05) is 0 Å². The van der Waals surface area contributed by atoms with Gasteiger partial charge in [-0.2, -0.15) is 0 Å². The zero-order chi connectivity index (χ0) is 14.5. The van der Waals surface area contributed by atoms with E-state index < -0.39 is 7.32 Å². The van der Waals surface area contributed by atoms with Crippen LogP contribution in [0.1, 0.15) is 12.5 Å². The zero-order valence-electron chi connectivity index (χ0n) is 11.3. The van der Waals surface area contributed by atoms with E-state index in [1.165, 1.54) is 27.1 Å². The molecule has 3 N–H and O–H groups in total. The van der Waals surface area contributed by atoms with Crippen LogP contribution in [0.25, 0.3) is 21.5 Å². The average molecular weight is 268 g/mol. The Hall–Kier alpha value is -1.88. The smallest absolute Gasteiger partial charge is 0.402 e. The minimum absolute atomic E-state index is 1.09. The summed E-state index contributed by atoms with van der Waals surface area (Å²) >= 11 is 0. The van der Waals surface area contributed by atoms with Gasteiger partial charge < -0.3 is 15.1 Å². The van der Waals surface area contributed by atoms with E-state index in [2.05, 4.69) is 61.5 Å². The summed E-state index contributed by atoms with van der Waals surface area (Å²) < 4.78 is 0. The third kappa shape index (κ3) is 3.17. The van der Waals surface area contributed by atoms with Crippen molar-refractivity contribution in [3.05, 3.63) is 60.2 Å². The fourth-order valence-corrected chi connectivity index (χ4v) is 2.49. The van der Waals surface area contributed by atoms with E-state index in [9.17, 15) is 0 Å². The van der Waals surface area contributed by atoms with Crippen molar-refractivity contribution in [2.24, 2.45) is 0 Å². The van der Waals surface area contributed by atoms with Gasteiger partial charge in [0.2, 0.25) is 0 Å². The Balaban J connectivity index is 0.000000328. The molecule has 0 aliphatic rings. The first kappa shape index (κ1) is 14.5. The Kier molecular flexibility index (Phi) is 4.74. The summed E-state index contributed by atoms with van der Waals surface area (Å²) in [4.78, 5) is 0. The molecule has 4 heteroatoms. The number of fused-ring (bicyclic) bond motifs is 2. The van der Waals surface area contributed by atoms with Crippen molar-refractivity contribution in [2.75, 3.05) is 0 Å². The molecule has 102 valence electrons. The third-order valence-electron chi connectivity index (χ3n) is 3.24. The summed E-state index contributed by atoms with van der Waals surface area (Å²) in [5.74, 6) is 0. The summed E-state index contributed by atoms with van der Waals surface area (Å²) in [6.45, 7) is 2.23. The maximum atomic E-state index is 7.17. The highest BCUT2D eigenvalue weighted by molar-refractivity contribution is 6.30. The highest BCUT2D eigenvalue weighted by Crippen LogP contribution is 2.28. The van der Waals surface area contributed by atoms with Crippen LogP contribution in [0.3, 0.4) is 0 Å². The van der Waals surface area contributed by atoms with E-state index in [4.69, 9.17) is 15.1 Å². The Labute approximate surface area is 118 Å². The van der Waals surface area contributed by atoms with E-state index in [0.717, 1.165) is 6.42 Å². The lowest BCUT2D eigenvalue weighted by Gasteiger charge is -2.09. The minimum Gasteiger partial charge on any atom is -0.402 e. The van der Waals surface area contributed by atoms with E-state index in [0.29, 0.717) is 0 Å². The molecular formula is C16H17BO3. The van der Waals surface area contributed by atoms with Gasteiger partial charge in [0, 0.05) is 0 Å². The molecule has 0 bridgehead atoms. The van der Waals surface area contributed by atoms with Crippen LogP contribution in [0.2, 0.25) is 0 Å². The van der Waals surface area contributed by atoms with E-state index >= 15 is 0 Å². The minimum atomic E-state index is -2.17. The second-order valence-corrected chi connectivity index (χ2v) is 4.50. The first-order chi connectivity index (χ1) is 9.63. The van der Waals surface area contributed by atoms with Gasteiger partial charge in [0.05, 0.1) is 0 Å². The SMILES string of the molecule is CCc1c2ccccc2cc2ccccc12.OB(O)O. The Morgan fingerprint density at radius 2 is 1.20 bits per heavy atom. The molecule has 3 aromatic carbocycles. The van der Waals surface area contributed by atoms with Crippen LogP contribution < -0.4 is 0 Å². The fraction of sp³-hybridized carbons (Fsp3) is 0.125. The van der Waals surface area contributed by atoms with Crippen molar-refractivity contribution in [1.82, 2.24) is 0 Å². The molecule has 3 nitrogen and oxygen atoms in total. The van der Waals surface area contributed by atoms with Gasteiger partial charge in [-0.25, -0.2) is 0 Å². The molecule has 0 saturated heterocycles. The first-order valence-corrected chi connectivity index (χ1v) is 6.57. The number of rotatable bonds is 1. The van der Waals surface area contributed by atoms with Gasteiger partial charge in [0.1, 0.15) is 0 Å². The lowest BCUT2D eigenvalue weighted by atomic mass is 9.95. The maximum Gasteiger partial charge on any atom is 0.631 e. The zero-order valence-corrected chi connectivity index (χ0v) is 11.3. The predicted octanol–water partition coefficient (Wildman–Crippen LogP) is 2.50. The second kappa shape index (κ2) is 6.52. The van der Waals surface area contributed by atoms with Crippen molar-refractivity contribution < 1.29 is 15.1 Å². The topological polar surface area (TPSA) is 60.7 Å². The van der Waals surface area contributed by atoms with Crippen molar-refractivity contribution in [1.29, 1.82) is 0 Å². The van der Waals surface area contributed by atoms with Crippen LogP contribution in [0, 0.1) is 0 Å². The van der Waals surface area contributed by atoms with Crippen LogP contribution in [0.4, 0.5) is 0 Å². The molecule has 3 rings (SSSR count). The summed E-state index contributed by atoms with van der Waals surface area (Å²) in [5, 5.41) is 27.0. The molecule has 3 aromatic rings. The normalized spacial score (nSPS) is 10.2. The first-order valence-electron chi connectivity index (χ1n) is 6.57. The molecule has 0 aliphatic carbocycles. The van der Waals surface area contributed by atoms with Gasteiger partial charge in [-0.15, -0.1) is 0 Å². The van der Waals surface area contributed by atoms with Gasteiger partial charge in [-0.3, -0.25) is 0 Å². The van der Waals surface area contributed by atoms with Gasteiger partial charge >= 0.3 is 7.32 Å². The predicted molar refractivity (Wildman–Crippen MR) is 83.2 cm³/mol. The highest BCUT2D eigenvalue weighted by Gasteiger charge is 2.04. The summed E-state index contributed by atoms with van der Waals surface area (Å²) in [7, 11) is -2.17. The summed E-state index contributed by atoms with van der Waals surface area (Å²) in [6, 6.07) is 19.6. The molecule has 0 aromatic heterocycles. The molecule has 0 unspecified atom stereocenters. The quantitative estimate of drug-likeness (QED) is 0.469. The number of hydrogen-bond donors (Lipinski definition) is 3. The second-order valence-electron chi connectivity index (χ2n) is 4.50. The third-order valence-corrected chi connectivity index (χ3v) is 3.24. The average Bonchev–Trinajstić information content (AvgIpc) is 2.44. The molecule has 0 fully saturated rings. The lowest BCUT2D eigenvalue weighted by Crippen LogP contribution is -2.07. The molecule has 0 aliphatic heterocycles. The molecule has 0 spiro atoms. The fourth-order valence-electron chi connectivity index (χ4n) is 2.49. The van der Waals surface area contributed by atoms with E-state index in [-0.39, 0.29) is 0 Å². The summed E-state index contributed by atoms with van der Waals surface area (Å²) in [5.41, 5.74) is 1.47. The van der Waals surface area contributed by atoms with Crippen molar-refractivity contribution in [3.8, 4) is 0 Å². The molecule has 0 atom stereocenters. The van der Waals surface area contributed by atoms with Crippen LogP contribution >= 0.6 is 0 Å². The molecule has 0 heterocycles. The summed E-state index contributed by atoms with van der Waals surface area (Å²) in [6.07, 6.45) is 1.09. The van der Waals surface area contributed by atoms with Crippen molar-refractivity contribution >= 4 is 28.9 Å². The lowest BCUT2D eigenvalue weighted by molar-refractivity contribution is 0.278.